The molecule has 2 aliphatic rings. The Labute approximate surface area is 138 Å². The van der Waals surface area contributed by atoms with Crippen LogP contribution < -0.4 is 5.32 Å². The molecule has 3 heterocycles. The smallest absolute Gasteiger partial charge is 0.237 e. The van der Waals surface area contributed by atoms with E-state index in [2.05, 4.69) is 28.4 Å². The molecule has 0 unspecified atom stereocenters. The van der Waals surface area contributed by atoms with Gasteiger partial charge in [-0.2, -0.15) is 5.10 Å². The number of hydrogen-bond acceptors (Lipinski definition) is 4. The van der Waals surface area contributed by atoms with Crippen LogP contribution in [0.5, 0.6) is 0 Å². The molecular weight excluding hydrogens is 292 g/mol. The SMILES string of the molecule is Cc1cnn(C[C@@H]2CCCN2[C@@H](C)C(=O)NC[C@@H]2CCCO2)c1. The minimum atomic E-state index is -0.0967. The second-order valence-corrected chi connectivity index (χ2v) is 6.83. The first-order valence-corrected chi connectivity index (χ1v) is 8.77. The molecule has 3 rings (SSSR count). The van der Waals surface area contributed by atoms with Crippen LogP contribution in [0.3, 0.4) is 0 Å². The molecule has 1 amide bonds. The van der Waals surface area contributed by atoms with Crippen molar-refractivity contribution in [3.05, 3.63) is 18.0 Å². The number of hydrogen-bond donors (Lipinski definition) is 1. The third-order valence-corrected chi connectivity index (χ3v) is 4.99. The van der Waals surface area contributed by atoms with E-state index < -0.39 is 0 Å². The van der Waals surface area contributed by atoms with E-state index >= 15 is 0 Å². The molecule has 6 nitrogen and oxygen atoms in total. The molecule has 2 fully saturated rings. The van der Waals surface area contributed by atoms with Gasteiger partial charge >= 0.3 is 0 Å². The highest BCUT2D eigenvalue weighted by atomic mass is 16.5. The molecule has 2 aliphatic heterocycles. The summed E-state index contributed by atoms with van der Waals surface area (Å²) in [6.45, 7) is 7.37. The number of nitrogens with one attached hydrogen (secondary N) is 1. The maximum Gasteiger partial charge on any atom is 0.237 e. The van der Waals surface area contributed by atoms with Gasteiger partial charge in [-0.25, -0.2) is 0 Å². The van der Waals surface area contributed by atoms with Gasteiger partial charge in [-0.1, -0.05) is 0 Å². The molecule has 0 bridgehead atoms. The van der Waals surface area contributed by atoms with Crippen molar-refractivity contribution in [3.8, 4) is 0 Å². The number of carbonyl (C=O) groups is 1. The largest absolute Gasteiger partial charge is 0.376 e. The average molecular weight is 320 g/mol. The predicted octanol–water partition coefficient (Wildman–Crippen LogP) is 1.34. The van der Waals surface area contributed by atoms with Crippen molar-refractivity contribution in [1.29, 1.82) is 0 Å². The van der Waals surface area contributed by atoms with Crippen LogP contribution in [0.1, 0.15) is 38.2 Å². The van der Waals surface area contributed by atoms with Gasteiger partial charge in [0.15, 0.2) is 0 Å². The topological polar surface area (TPSA) is 59.4 Å². The van der Waals surface area contributed by atoms with Crippen molar-refractivity contribution in [3.63, 3.8) is 0 Å². The number of rotatable bonds is 6. The van der Waals surface area contributed by atoms with E-state index in [1.54, 1.807) is 0 Å². The molecule has 1 aromatic heterocycles. The summed E-state index contributed by atoms with van der Waals surface area (Å²) in [5, 5.41) is 7.44. The number of aromatic nitrogens is 2. The summed E-state index contributed by atoms with van der Waals surface area (Å²) in [6.07, 6.45) is 8.59. The molecule has 6 heteroatoms. The molecule has 1 N–H and O–H groups in total. The fourth-order valence-electron chi connectivity index (χ4n) is 3.66. The fourth-order valence-corrected chi connectivity index (χ4v) is 3.66. The summed E-state index contributed by atoms with van der Waals surface area (Å²) in [5.74, 6) is 0.115. The van der Waals surface area contributed by atoms with Crippen molar-refractivity contribution in [2.75, 3.05) is 19.7 Å². The summed E-state index contributed by atoms with van der Waals surface area (Å²) < 4.78 is 7.57. The average Bonchev–Trinajstić information content (AvgIpc) is 3.27. The zero-order valence-electron chi connectivity index (χ0n) is 14.2. The summed E-state index contributed by atoms with van der Waals surface area (Å²) in [6, 6.07) is 0.290. The predicted molar refractivity (Wildman–Crippen MR) is 88.1 cm³/mol. The molecule has 2 saturated heterocycles. The van der Waals surface area contributed by atoms with Crippen molar-refractivity contribution >= 4 is 5.91 Å². The van der Waals surface area contributed by atoms with Gasteiger partial charge in [0, 0.05) is 25.4 Å². The third kappa shape index (κ3) is 4.12. The maximum atomic E-state index is 12.5. The van der Waals surface area contributed by atoms with E-state index in [9.17, 15) is 4.79 Å². The van der Waals surface area contributed by atoms with E-state index in [1.165, 1.54) is 5.56 Å². The monoisotopic (exact) mass is 320 g/mol. The van der Waals surface area contributed by atoms with Gasteiger partial charge in [0.2, 0.25) is 5.91 Å². The van der Waals surface area contributed by atoms with Crippen LogP contribution >= 0.6 is 0 Å². The van der Waals surface area contributed by atoms with E-state index in [1.807, 2.05) is 17.8 Å². The lowest BCUT2D eigenvalue weighted by Crippen LogP contribution is -2.49. The van der Waals surface area contributed by atoms with Gasteiger partial charge in [0.25, 0.3) is 0 Å². The van der Waals surface area contributed by atoms with Crippen molar-refractivity contribution in [2.24, 2.45) is 0 Å². The lowest BCUT2D eigenvalue weighted by molar-refractivity contribution is -0.126. The highest BCUT2D eigenvalue weighted by Gasteiger charge is 2.32. The quantitative estimate of drug-likeness (QED) is 0.859. The van der Waals surface area contributed by atoms with E-state index in [0.29, 0.717) is 12.6 Å². The van der Waals surface area contributed by atoms with Crippen LogP contribution in [0.15, 0.2) is 12.4 Å². The van der Waals surface area contributed by atoms with Gasteiger partial charge in [0.05, 0.1) is 24.9 Å². The first-order chi connectivity index (χ1) is 11.1. The van der Waals surface area contributed by atoms with Gasteiger partial charge in [-0.05, 0) is 51.6 Å². The zero-order chi connectivity index (χ0) is 16.2. The Morgan fingerprint density at radius 2 is 2.35 bits per heavy atom. The van der Waals surface area contributed by atoms with E-state index in [-0.39, 0.29) is 18.1 Å². The van der Waals surface area contributed by atoms with Crippen LogP contribution in [0, 0.1) is 6.92 Å². The molecule has 3 atom stereocenters. The molecule has 0 aliphatic carbocycles. The third-order valence-electron chi connectivity index (χ3n) is 4.99. The Morgan fingerprint density at radius 1 is 1.48 bits per heavy atom. The number of nitrogens with zero attached hydrogens (tertiary/aromatic N) is 3. The summed E-state index contributed by atoms with van der Waals surface area (Å²) in [7, 11) is 0. The van der Waals surface area contributed by atoms with Crippen LogP contribution in [0.2, 0.25) is 0 Å². The molecular formula is C17H28N4O2. The Bertz CT molecular complexity index is 524. The van der Waals surface area contributed by atoms with E-state index in [0.717, 1.165) is 45.4 Å². The number of aryl methyl sites for hydroxylation is 1. The van der Waals surface area contributed by atoms with Gasteiger partial charge in [-0.15, -0.1) is 0 Å². The number of carbonyl (C=O) groups excluding carboxylic acids is 1. The molecule has 23 heavy (non-hydrogen) atoms. The highest BCUT2D eigenvalue weighted by Crippen LogP contribution is 2.22. The number of ether oxygens (including phenoxy) is 1. The molecule has 0 radical (unpaired) electrons. The highest BCUT2D eigenvalue weighted by molar-refractivity contribution is 5.81. The lowest BCUT2D eigenvalue weighted by atomic mass is 10.1. The summed E-state index contributed by atoms with van der Waals surface area (Å²) in [4.78, 5) is 14.8. The van der Waals surface area contributed by atoms with Crippen LogP contribution in [0.25, 0.3) is 0 Å². The fraction of sp³-hybridized carbons (Fsp3) is 0.765. The number of amides is 1. The maximum absolute atomic E-state index is 12.5. The van der Waals surface area contributed by atoms with Crippen LogP contribution in [0.4, 0.5) is 0 Å². The standard InChI is InChI=1S/C17H28N4O2/c1-13-9-19-20(11-13)12-15-5-3-7-21(15)14(2)17(22)18-10-16-6-4-8-23-16/h9,11,14-16H,3-8,10,12H2,1-2H3,(H,18,22)/t14-,15-,16-/m0/s1. The first kappa shape index (κ1) is 16.5. The molecule has 0 spiro atoms. The van der Waals surface area contributed by atoms with Crippen LogP contribution in [-0.4, -0.2) is 58.5 Å². The summed E-state index contributed by atoms with van der Waals surface area (Å²) in [5.41, 5.74) is 1.18. The molecule has 128 valence electrons. The molecule has 0 saturated carbocycles. The Hall–Kier alpha value is -1.40. The Morgan fingerprint density at radius 3 is 3.04 bits per heavy atom. The molecule has 1 aromatic rings. The van der Waals surface area contributed by atoms with E-state index in [4.69, 9.17) is 4.74 Å². The normalized spacial score (nSPS) is 26.5. The number of likely N-dealkylation sites (tertiary alicyclic amines) is 1. The van der Waals surface area contributed by atoms with Gasteiger partial charge < -0.3 is 10.1 Å². The second-order valence-electron chi connectivity index (χ2n) is 6.83. The van der Waals surface area contributed by atoms with Crippen molar-refractivity contribution in [2.45, 2.75) is 64.3 Å². The zero-order valence-corrected chi connectivity index (χ0v) is 14.2. The Kier molecular flexibility index (Phi) is 5.33. The van der Waals surface area contributed by atoms with Gasteiger partial charge in [-0.3, -0.25) is 14.4 Å². The van der Waals surface area contributed by atoms with Crippen molar-refractivity contribution < 1.29 is 9.53 Å². The summed E-state index contributed by atoms with van der Waals surface area (Å²) >= 11 is 0. The minimum absolute atomic E-state index is 0.0967. The second kappa shape index (κ2) is 7.45. The first-order valence-electron chi connectivity index (χ1n) is 8.77. The lowest BCUT2D eigenvalue weighted by Gasteiger charge is -2.30. The minimum Gasteiger partial charge on any atom is -0.376 e. The van der Waals surface area contributed by atoms with Crippen LogP contribution in [-0.2, 0) is 16.1 Å². The van der Waals surface area contributed by atoms with Gasteiger partial charge in [0.1, 0.15) is 0 Å². The Balaban J connectivity index is 1.52. The van der Waals surface area contributed by atoms with Crippen molar-refractivity contribution in [1.82, 2.24) is 20.0 Å². The molecule has 0 aromatic carbocycles.